The second-order valence-corrected chi connectivity index (χ2v) is 5.16. The summed E-state index contributed by atoms with van der Waals surface area (Å²) in [6.07, 6.45) is 3.74. The van der Waals surface area contributed by atoms with Crippen LogP contribution in [0.4, 0.5) is 0 Å². The molecule has 0 aromatic heterocycles. The van der Waals surface area contributed by atoms with Gasteiger partial charge in [0.25, 0.3) is 0 Å². The topological polar surface area (TPSA) is 38.5 Å². The first-order valence-electron chi connectivity index (χ1n) is 6.82. The summed E-state index contributed by atoms with van der Waals surface area (Å²) in [6.45, 7) is 4.98. The molecule has 2 rings (SSSR count). The zero-order valence-electron chi connectivity index (χ0n) is 11.5. The van der Waals surface area contributed by atoms with Crippen molar-refractivity contribution in [2.24, 2.45) is 5.73 Å². The Kier molecular flexibility index (Phi) is 4.61. The summed E-state index contributed by atoms with van der Waals surface area (Å²) >= 11 is 0. The quantitative estimate of drug-likeness (QED) is 0.805. The fourth-order valence-corrected chi connectivity index (χ4v) is 2.37. The van der Waals surface area contributed by atoms with Crippen molar-refractivity contribution in [1.82, 2.24) is 4.90 Å². The third-order valence-electron chi connectivity index (χ3n) is 3.52. The van der Waals surface area contributed by atoms with Gasteiger partial charge >= 0.3 is 0 Å². The molecule has 1 fully saturated rings. The number of nitrogens with two attached hydrogens (primary N) is 1. The van der Waals surface area contributed by atoms with Crippen LogP contribution in [-0.4, -0.2) is 31.1 Å². The van der Waals surface area contributed by atoms with Crippen molar-refractivity contribution in [3.8, 4) is 5.75 Å². The maximum absolute atomic E-state index is 5.62. The van der Waals surface area contributed by atoms with Crippen LogP contribution in [0.1, 0.15) is 30.4 Å². The van der Waals surface area contributed by atoms with Crippen molar-refractivity contribution in [1.29, 1.82) is 0 Å². The minimum absolute atomic E-state index is 0.766. The number of ether oxygens (including phenoxy) is 1. The molecule has 0 saturated heterocycles. The normalized spacial score (nSPS) is 15.1. The predicted molar refractivity (Wildman–Crippen MR) is 74.8 cm³/mol. The fourth-order valence-electron chi connectivity index (χ4n) is 2.37. The molecule has 3 heteroatoms. The van der Waals surface area contributed by atoms with Crippen molar-refractivity contribution in [3.63, 3.8) is 0 Å². The molecule has 0 unspecified atom stereocenters. The third-order valence-corrected chi connectivity index (χ3v) is 3.52. The van der Waals surface area contributed by atoms with E-state index in [2.05, 4.69) is 30.0 Å². The highest BCUT2D eigenvalue weighted by molar-refractivity contribution is 5.36. The van der Waals surface area contributed by atoms with Crippen molar-refractivity contribution in [2.45, 2.75) is 38.8 Å². The average molecular weight is 248 g/mol. The average Bonchev–Trinajstić information content (AvgIpc) is 3.19. The summed E-state index contributed by atoms with van der Waals surface area (Å²) in [4.78, 5) is 2.55. The molecule has 0 atom stereocenters. The summed E-state index contributed by atoms with van der Waals surface area (Å²) in [5, 5.41) is 0. The van der Waals surface area contributed by atoms with E-state index in [-0.39, 0.29) is 0 Å². The minimum atomic E-state index is 0.766. The molecule has 0 amide bonds. The van der Waals surface area contributed by atoms with Crippen LogP contribution in [0.5, 0.6) is 5.75 Å². The van der Waals surface area contributed by atoms with Crippen molar-refractivity contribution >= 4 is 0 Å². The van der Waals surface area contributed by atoms with Crippen LogP contribution < -0.4 is 10.5 Å². The fraction of sp³-hybridized carbons (Fsp3) is 0.600. The van der Waals surface area contributed by atoms with Crippen LogP contribution in [0.15, 0.2) is 18.2 Å². The first-order valence-corrected chi connectivity index (χ1v) is 6.82. The number of methoxy groups -OCH3 is 1. The second kappa shape index (κ2) is 6.21. The van der Waals surface area contributed by atoms with Gasteiger partial charge in [-0.05, 0) is 45.3 Å². The Morgan fingerprint density at radius 1 is 1.39 bits per heavy atom. The lowest BCUT2D eigenvalue weighted by Crippen LogP contribution is -2.28. The van der Waals surface area contributed by atoms with Crippen LogP contribution in [0.2, 0.25) is 0 Å². The Balaban J connectivity index is 2.07. The Labute approximate surface area is 110 Å². The van der Waals surface area contributed by atoms with E-state index < -0.39 is 0 Å². The smallest absolute Gasteiger partial charge is 0.123 e. The standard InChI is InChI=1S/C15H24N2O/c1-12-4-7-15(18-2)13(10-12)11-17(9-3-8-16)14-5-6-14/h4,7,10,14H,3,5-6,8-9,11,16H2,1-2H3. The molecule has 1 aromatic carbocycles. The predicted octanol–water partition coefficient (Wildman–Crippen LogP) is 2.32. The van der Waals surface area contributed by atoms with Crippen LogP contribution in [0.25, 0.3) is 0 Å². The van der Waals surface area contributed by atoms with E-state index in [1.165, 1.54) is 24.0 Å². The largest absolute Gasteiger partial charge is 0.496 e. The van der Waals surface area contributed by atoms with Crippen LogP contribution in [0.3, 0.4) is 0 Å². The molecule has 0 heterocycles. The first kappa shape index (κ1) is 13.4. The van der Waals surface area contributed by atoms with Gasteiger partial charge in [0.15, 0.2) is 0 Å². The lowest BCUT2D eigenvalue weighted by Gasteiger charge is -2.23. The highest BCUT2D eigenvalue weighted by Crippen LogP contribution is 2.30. The van der Waals surface area contributed by atoms with Gasteiger partial charge in [-0.1, -0.05) is 17.7 Å². The van der Waals surface area contributed by atoms with Gasteiger partial charge < -0.3 is 10.5 Å². The summed E-state index contributed by atoms with van der Waals surface area (Å²) in [5.74, 6) is 0.999. The van der Waals surface area contributed by atoms with Gasteiger partial charge in [-0.15, -0.1) is 0 Å². The molecular formula is C15H24N2O. The number of rotatable bonds is 7. The van der Waals surface area contributed by atoms with Crippen molar-refractivity contribution < 1.29 is 4.74 Å². The molecule has 0 spiro atoms. The Hall–Kier alpha value is -1.06. The van der Waals surface area contributed by atoms with Gasteiger partial charge in [0, 0.05) is 18.2 Å². The Morgan fingerprint density at radius 2 is 2.17 bits per heavy atom. The number of aryl methyl sites for hydroxylation is 1. The number of hydrogen-bond acceptors (Lipinski definition) is 3. The molecule has 3 nitrogen and oxygen atoms in total. The summed E-state index contributed by atoms with van der Waals surface area (Å²) in [7, 11) is 1.75. The molecule has 1 aliphatic carbocycles. The van der Waals surface area contributed by atoms with Gasteiger partial charge in [0.2, 0.25) is 0 Å². The summed E-state index contributed by atoms with van der Waals surface area (Å²) < 4.78 is 5.45. The zero-order chi connectivity index (χ0) is 13.0. The second-order valence-electron chi connectivity index (χ2n) is 5.16. The molecule has 0 bridgehead atoms. The number of benzene rings is 1. The van der Waals surface area contributed by atoms with E-state index in [0.29, 0.717) is 0 Å². The van der Waals surface area contributed by atoms with E-state index >= 15 is 0 Å². The zero-order valence-corrected chi connectivity index (χ0v) is 11.5. The number of hydrogen-bond donors (Lipinski definition) is 1. The molecule has 0 radical (unpaired) electrons. The molecule has 1 aromatic rings. The first-order chi connectivity index (χ1) is 8.74. The summed E-state index contributed by atoms with van der Waals surface area (Å²) in [5.41, 5.74) is 8.20. The molecule has 1 saturated carbocycles. The van der Waals surface area contributed by atoms with Gasteiger partial charge in [-0.2, -0.15) is 0 Å². The van der Waals surface area contributed by atoms with Crippen molar-refractivity contribution in [3.05, 3.63) is 29.3 Å². The van der Waals surface area contributed by atoms with E-state index in [0.717, 1.165) is 37.8 Å². The Bertz CT molecular complexity index is 388. The SMILES string of the molecule is COc1ccc(C)cc1CN(CCCN)C1CC1. The van der Waals surface area contributed by atoms with Gasteiger partial charge in [0.05, 0.1) is 7.11 Å². The monoisotopic (exact) mass is 248 g/mol. The molecule has 18 heavy (non-hydrogen) atoms. The maximum atomic E-state index is 5.62. The summed E-state index contributed by atoms with van der Waals surface area (Å²) in [6, 6.07) is 7.17. The minimum Gasteiger partial charge on any atom is -0.496 e. The van der Waals surface area contributed by atoms with Crippen LogP contribution in [-0.2, 0) is 6.54 Å². The lowest BCUT2D eigenvalue weighted by molar-refractivity contribution is 0.249. The van der Waals surface area contributed by atoms with E-state index in [9.17, 15) is 0 Å². The van der Waals surface area contributed by atoms with Crippen LogP contribution in [0, 0.1) is 6.92 Å². The molecular weight excluding hydrogens is 224 g/mol. The molecule has 1 aliphatic rings. The molecule has 0 aliphatic heterocycles. The highest BCUT2D eigenvalue weighted by Gasteiger charge is 2.28. The van der Waals surface area contributed by atoms with E-state index in [1.807, 2.05) is 0 Å². The van der Waals surface area contributed by atoms with E-state index in [1.54, 1.807) is 7.11 Å². The lowest BCUT2D eigenvalue weighted by atomic mass is 10.1. The highest BCUT2D eigenvalue weighted by atomic mass is 16.5. The van der Waals surface area contributed by atoms with Gasteiger partial charge in [-0.3, -0.25) is 4.90 Å². The molecule has 2 N–H and O–H groups in total. The molecule has 100 valence electrons. The van der Waals surface area contributed by atoms with Crippen molar-refractivity contribution in [2.75, 3.05) is 20.2 Å². The Morgan fingerprint density at radius 3 is 2.78 bits per heavy atom. The van der Waals surface area contributed by atoms with E-state index in [4.69, 9.17) is 10.5 Å². The van der Waals surface area contributed by atoms with Gasteiger partial charge in [0.1, 0.15) is 5.75 Å². The maximum Gasteiger partial charge on any atom is 0.123 e. The third kappa shape index (κ3) is 3.47. The van der Waals surface area contributed by atoms with Gasteiger partial charge in [-0.25, -0.2) is 0 Å². The number of nitrogens with zero attached hydrogens (tertiary/aromatic N) is 1. The van der Waals surface area contributed by atoms with Crippen LogP contribution >= 0.6 is 0 Å².